The lowest BCUT2D eigenvalue weighted by Crippen LogP contribution is -2.30. The summed E-state index contributed by atoms with van der Waals surface area (Å²) in [5.41, 5.74) is 11.4. The number of nitrogens with two attached hydrogens (primary N) is 1. The number of fused-ring (bicyclic) bond motifs is 2. The molecule has 5 aromatic rings. The molecule has 0 saturated carbocycles. The topological polar surface area (TPSA) is 75.4 Å². The lowest BCUT2D eigenvalue weighted by molar-refractivity contribution is 0.0938. The highest BCUT2D eigenvalue weighted by atomic mass is 19.1. The molecule has 1 heterocycles. The van der Waals surface area contributed by atoms with Gasteiger partial charge in [-0.1, -0.05) is 66.7 Å². The van der Waals surface area contributed by atoms with Crippen molar-refractivity contribution in [1.82, 2.24) is 5.32 Å². The summed E-state index contributed by atoms with van der Waals surface area (Å²) in [5, 5.41) is 5.46. The molecule has 6 rings (SSSR count). The van der Waals surface area contributed by atoms with E-state index in [4.69, 9.17) is 5.73 Å². The molecule has 0 fully saturated rings. The minimum absolute atomic E-state index is 0.117. The summed E-state index contributed by atoms with van der Waals surface area (Å²) >= 11 is 0. The smallest absolute Gasteiger partial charge is 0.251 e. The van der Waals surface area contributed by atoms with Crippen molar-refractivity contribution in [2.24, 2.45) is 5.73 Å². The standard InChI is InChI=1S/C36H32FN3O2/c1-23(25-13-12-24-7-2-3-8-26(24)19-25)39-36(42)29-16-17-34-28(20-29)9-6-18-40(34)22-30-15-14-27(21-33(30)37)31-10-4-5-11-32(31)35(38)41/h2-5,7-8,10-17,19-21,23H,6,9,18,22H2,1H3,(H2,38,41)(H,39,42). The van der Waals surface area contributed by atoms with E-state index in [2.05, 4.69) is 40.5 Å². The van der Waals surface area contributed by atoms with Crippen LogP contribution in [0.2, 0.25) is 0 Å². The Morgan fingerprint density at radius 3 is 2.50 bits per heavy atom. The van der Waals surface area contributed by atoms with Gasteiger partial charge in [0.25, 0.3) is 5.91 Å². The molecule has 0 aromatic heterocycles. The zero-order chi connectivity index (χ0) is 29.2. The predicted octanol–water partition coefficient (Wildman–Crippen LogP) is 7.19. The third kappa shape index (κ3) is 5.48. The van der Waals surface area contributed by atoms with Crippen molar-refractivity contribution >= 4 is 28.3 Å². The van der Waals surface area contributed by atoms with E-state index in [1.54, 1.807) is 30.3 Å². The molecule has 2 amide bonds. The van der Waals surface area contributed by atoms with Crippen molar-refractivity contribution in [3.05, 3.63) is 137 Å². The van der Waals surface area contributed by atoms with Crippen LogP contribution in [0.1, 0.15) is 56.8 Å². The second-order valence-electron chi connectivity index (χ2n) is 10.9. The monoisotopic (exact) mass is 557 g/mol. The van der Waals surface area contributed by atoms with Crippen molar-refractivity contribution in [2.75, 3.05) is 11.4 Å². The average molecular weight is 558 g/mol. The van der Waals surface area contributed by atoms with Gasteiger partial charge in [0, 0.05) is 35.5 Å². The van der Waals surface area contributed by atoms with Crippen LogP contribution in [0, 0.1) is 5.82 Å². The molecule has 1 aliphatic rings. The molecule has 6 heteroatoms. The van der Waals surface area contributed by atoms with Crippen LogP contribution in [0.25, 0.3) is 21.9 Å². The molecule has 0 radical (unpaired) electrons. The summed E-state index contributed by atoms with van der Waals surface area (Å²) in [6, 6.07) is 32.1. The Bertz CT molecular complexity index is 1820. The molecule has 0 bridgehead atoms. The zero-order valence-electron chi connectivity index (χ0n) is 23.4. The third-order valence-corrected chi connectivity index (χ3v) is 8.10. The van der Waals surface area contributed by atoms with E-state index in [-0.39, 0.29) is 17.8 Å². The first-order chi connectivity index (χ1) is 20.4. The van der Waals surface area contributed by atoms with Gasteiger partial charge >= 0.3 is 0 Å². The van der Waals surface area contributed by atoms with Gasteiger partial charge < -0.3 is 16.0 Å². The average Bonchev–Trinajstić information content (AvgIpc) is 3.01. The number of hydrogen-bond donors (Lipinski definition) is 2. The number of carbonyl (C=O) groups is 2. The van der Waals surface area contributed by atoms with Gasteiger partial charge in [-0.25, -0.2) is 4.39 Å². The Morgan fingerprint density at radius 1 is 0.905 bits per heavy atom. The molecule has 0 spiro atoms. The summed E-state index contributed by atoms with van der Waals surface area (Å²) in [5.74, 6) is -0.998. The molecule has 1 aliphatic heterocycles. The van der Waals surface area contributed by atoms with Crippen LogP contribution in [-0.4, -0.2) is 18.4 Å². The minimum atomic E-state index is -0.545. The molecule has 1 atom stereocenters. The number of anilines is 1. The van der Waals surface area contributed by atoms with E-state index in [0.717, 1.165) is 41.6 Å². The molecular formula is C36H32FN3O2. The molecule has 42 heavy (non-hydrogen) atoms. The number of halogens is 1. The van der Waals surface area contributed by atoms with Gasteiger partial charge in [-0.2, -0.15) is 0 Å². The van der Waals surface area contributed by atoms with E-state index in [0.29, 0.717) is 34.4 Å². The lowest BCUT2D eigenvalue weighted by Gasteiger charge is -2.32. The van der Waals surface area contributed by atoms with Crippen LogP contribution < -0.4 is 16.0 Å². The van der Waals surface area contributed by atoms with Gasteiger partial charge in [-0.15, -0.1) is 0 Å². The van der Waals surface area contributed by atoms with Crippen molar-refractivity contribution in [3.63, 3.8) is 0 Å². The number of nitrogens with zero attached hydrogens (tertiary/aromatic N) is 1. The second-order valence-corrected chi connectivity index (χ2v) is 10.9. The van der Waals surface area contributed by atoms with Crippen molar-refractivity contribution in [3.8, 4) is 11.1 Å². The number of aryl methyl sites for hydroxylation is 1. The van der Waals surface area contributed by atoms with Gasteiger partial charge in [-0.3, -0.25) is 9.59 Å². The number of amides is 2. The zero-order valence-corrected chi connectivity index (χ0v) is 23.4. The van der Waals surface area contributed by atoms with Crippen LogP contribution in [-0.2, 0) is 13.0 Å². The first-order valence-corrected chi connectivity index (χ1v) is 14.2. The first kappa shape index (κ1) is 27.2. The summed E-state index contributed by atoms with van der Waals surface area (Å²) in [7, 11) is 0. The van der Waals surface area contributed by atoms with E-state index >= 15 is 4.39 Å². The molecule has 210 valence electrons. The maximum Gasteiger partial charge on any atom is 0.251 e. The fraction of sp³-hybridized carbons (Fsp3) is 0.167. The maximum atomic E-state index is 15.3. The van der Waals surface area contributed by atoms with Crippen LogP contribution >= 0.6 is 0 Å². The van der Waals surface area contributed by atoms with Crippen LogP contribution in [0.15, 0.2) is 103 Å². The summed E-state index contributed by atoms with van der Waals surface area (Å²) in [6.45, 7) is 3.19. The highest BCUT2D eigenvalue weighted by Gasteiger charge is 2.21. The lowest BCUT2D eigenvalue weighted by atomic mass is 9.96. The SMILES string of the molecule is CC(NC(=O)c1ccc2c(c1)CCCN2Cc1ccc(-c2ccccc2C(N)=O)cc1F)c1ccc2ccccc2c1. The van der Waals surface area contributed by atoms with E-state index in [9.17, 15) is 9.59 Å². The van der Waals surface area contributed by atoms with Crippen molar-refractivity contribution in [2.45, 2.75) is 32.4 Å². The van der Waals surface area contributed by atoms with Gasteiger partial charge in [0.05, 0.1) is 6.04 Å². The summed E-state index contributed by atoms with van der Waals surface area (Å²) < 4.78 is 15.3. The number of primary amides is 1. The Hall–Kier alpha value is -4.97. The van der Waals surface area contributed by atoms with Crippen molar-refractivity contribution in [1.29, 1.82) is 0 Å². The van der Waals surface area contributed by atoms with Crippen LogP contribution in [0.5, 0.6) is 0 Å². The Kier molecular flexibility index (Phi) is 7.44. The molecular weight excluding hydrogens is 525 g/mol. The summed E-state index contributed by atoms with van der Waals surface area (Å²) in [6.07, 6.45) is 1.77. The third-order valence-electron chi connectivity index (χ3n) is 8.10. The number of hydrogen-bond acceptors (Lipinski definition) is 3. The maximum absolute atomic E-state index is 15.3. The predicted molar refractivity (Wildman–Crippen MR) is 166 cm³/mol. The van der Waals surface area contributed by atoms with E-state index in [1.165, 1.54) is 11.5 Å². The highest BCUT2D eigenvalue weighted by molar-refractivity contribution is 6.00. The molecule has 3 N–H and O–H groups in total. The number of nitrogens with one attached hydrogen (secondary N) is 1. The number of rotatable bonds is 7. The first-order valence-electron chi connectivity index (χ1n) is 14.2. The van der Waals surface area contributed by atoms with Gasteiger partial charge in [-0.05, 0) is 89.2 Å². The molecule has 0 aliphatic carbocycles. The quantitative estimate of drug-likeness (QED) is 0.222. The Morgan fingerprint density at radius 2 is 1.69 bits per heavy atom. The fourth-order valence-corrected chi connectivity index (χ4v) is 5.82. The highest BCUT2D eigenvalue weighted by Crippen LogP contribution is 2.32. The molecule has 0 saturated heterocycles. The van der Waals surface area contributed by atoms with Crippen LogP contribution in [0.4, 0.5) is 10.1 Å². The van der Waals surface area contributed by atoms with Crippen molar-refractivity contribution < 1.29 is 14.0 Å². The van der Waals surface area contributed by atoms with E-state index < -0.39 is 5.91 Å². The Labute approximate surface area is 244 Å². The van der Waals surface area contributed by atoms with Gasteiger partial charge in [0.2, 0.25) is 5.91 Å². The fourth-order valence-electron chi connectivity index (χ4n) is 5.82. The molecule has 5 nitrogen and oxygen atoms in total. The van der Waals surface area contributed by atoms with Gasteiger partial charge in [0.1, 0.15) is 5.82 Å². The van der Waals surface area contributed by atoms with Gasteiger partial charge in [0.15, 0.2) is 0 Å². The number of benzene rings is 5. The molecule has 5 aromatic carbocycles. The molecule has 1 unspecified atom stereocenters. The van der Waals surface area contributed by atoms with Crippen LogP contribution in [0.3, 0.4) is 0 Å². The minimum Gasteiger partial charge on any atom is -0.367 e. The summed E-state index contributed by atoms with van der Waals surface area (Å²) in [4.78, 5) is 27.2. The normalized spacial score (nSPS) is 13.4. The number of carbonyl (C=O) groups excluding carboxylic acids is 2. The van der Waals surface area contributed by atoms with E-state index in [1.807, 2.05) is 43.3 Å². The Balaban J connectivity index is 1.17. The second kappa shape index (κ2) is 11.5. The largest absolute Gasteiger partial charge is 0.367 e.